The molecular weight excluding hydrogens is 474 g/mol. The summed E-state index contributed by atoms with van der Waals surface area (Å²) in [5.74, 6) is -1.72. The van der Waals surface area contributed by atoms with Crippen LogP contribution in [0.3, 0.4) is 0 Å². The van der Waals surface area contributed by atoms with Crippen molar-refractivity contribution in [2.75, 3.05) is 37.7 Å². The summed E-state index contributed by atoms with van der Waals surface area (Å²) in [5, 5.41) is 10.0. The molecule has 2 saturated heterocycles. The van der Waals surface area contributed by atoms with Crippen LogP contribution in [0.5, 0.6) is 0 Å². The zero-order chi connectivity index (χ0) is 24.0. The molecule has 0 aromatic heterocycles. The van der Waals surface area contributed by atoms with E-state index in [1.807, 2.05) is 42.2 Å². The van der Waals surface area contributed by atoms with E-state index in [-0.39, 0.29) is 36.1 Å². The highest BCUT2D eigenvalue weighted by atomic mass is 35.5. The Morgan fingerprint density at radius 2 is 1.88 bits per heavy atom. The Hall–Kier alpha value is -2.29. The predicted octanol–water partition coefficient (Wildman–Crippen LogP) is 2.34. The molecule has 5 rings (SSSR count). The van der Waals surface area contributed by atoms with Crippen molar-refractivity contribution in [3.63, 3.8) is 0 Å². The van der Waals surface area contributed by atoms with E-state index in [1.54, 1.807) is 23.1 Å². The molecule has 1 aromatic rings. The van der Waals surface area contributed by atoms with Gasteiger partial charge >= 0.3 is 0 Å². The zero-order valence-electron chi connectivity index (χ0n) is 19.0. The van der Waals surface area contributed by atoms with Gasteiger partial charge in [-0.1, -0.05) is 55.0 Å². The highest BCUT2D eigenvalue weighted by Gasteiger charge is 2.71. The number of thioether (sulfide) groups is 1. The summed E-state index contributed by atoms with van der Waals surface area (Å²) >= 11 is 7.97. The van der Waals surface area contributed by atoms with E-state index < -0.39 is 22.6 Å². The summed E-state index contributed by atoms with van der Waals surface area (Å²) in [4.78, 5) is 46.5. The number of hydrogen-bond acceptors (Lipinski definition) is 5. The van der Waals surface area contributed by atoms with Gasteiger partial charge in [0.2, 0.25) is 11.8 Å². The number of hydrogen-bond donors (Lipinski definition) is 1. The molecule has 1 unspecified atom stereocenters. The Bertz CT molecular complexity index is 1080. The largest absolute Gasteiger partial charge is 0.395 e. The van der Waals surface area contributed by atoms with E-state index in [1.165, 1.54) is 16.7 Å². The molecule has 1 N–H and O–H groups in total. The first kappa shape index (κ1) is 23.5. The van der Waals surface area contributed by atoms with Crippen LogP contribution in [-0.4, -0.2) is 81.5 Å². The second-order valence-electron chi connectivity index (χ2n) is 9.11. The Morgan fingerprint density at radius 1 is 1.09 bits per heavy atom. The molecule has 3 amide bonds. The second-order valence-corrected chi connectivity index (χ2v) is 11.0. The quantitative estimate of drug-likeness (QED) is 0.626. The fourth-order valence-electron chi connectivity index (χ4n) is 5.89. The smallest absolute Gasteiger partial charge is 0.251 e. The fraction of sp³-hybridized carbons (Fsp3) is 0.480. The van der Waals surface area contributed by atoms with E-state index in [4.69, 9.17) is 11.6 Å². The van der Waals surface area contributed by atoms with Crippen molar-refractivity contribution in [2.45, 2.75) is 29.4 Å². The van der Waals surface area contributed by atoms with E-state index >= 15 is 0 Å². The van der Waals surface area contributed by atoms with Crippen LogP contribution in [0.2, 0.25) is 5.02 Å². The van der Waals surface area contributed by atoms with Crippen molar-refractivity contribution in [3.05, 3.63) is 53.6 Å². The Kier molecular flexibility index (Phi) is 6.25. The number of nitrogens with zero attached hydrogens (tertiary/aromatic N) is 3. The van der Waals surface area contributed by atoms with Crippen molar-refractivity contribution in [2.24, 2.45) is 11.8 Å². The van der Waals surface area contributed by atoms with Crippen LogP contribution >= 0.6 is 23.4 Å². The Morgan fingerprint density at radius 3 is 2.62 bits per heavy atom. The first-order valence-corrected chi connectivity index (χ1v) is 13.0. The van der Waals surface area contributed by atoms with Gasteiger partial charge in [-0.25, -0.2) is 0 Å². The molecule has 0 saturated carbocycles. The molecule has 34 heavy (non-hydrogen) atoms. The van der Waals surface area contributed by atoms with E-state index in [9.17, 15) is 19.5 Å². The summed E-state index contributed by atoms with van der Waals surface area (Å²) in [6.45, 7) is 3.29. The lowest BCUT2D eigenvalue weighted by molar-refractivity contribution is -0.143. The lowest BCUT2D eigenvalue weighted by Crippen LogP contribution is -2.53. The standard InChI is InChI=1S/C25H28ClN3O4S/c1-2-11-27-12-5-9-18-19(22(27)31)20-23(32)29(14-15-30)21-24(33)28(13-6-10-25(20,21)34-18)17-8-4-3-7-16(17)26/h3-10,18-21,30H,2,11-15H2,1H3/t18-,19+,20-,21?,25-/m0/s1. The van der Waals surface area contributed by atoms with Gasteiger partial charge < -0.3 is 19.8 Å². The number of para-hydroxylation sites is 1. The lowest BCUT2D eigenvalue weighted by Gasteiger charge is -2.35. The zero-order valence-corrected chi connectivity index (χ0v) is 20.5. The number of β-amino-alcohol motifs (C(OH)–C–C–N with tert-alkyl or cyclic N) is 1. The van der Waals surface area contributed by atoms with Crippen LogP contribution in [0.1, 0.15) is 13.3 Å². The molecule has 4 aliphatic heterocycles. The molecule has 4 heterocycles. The summed E-state index contributed by atoms with van der Waals surface area (Å²) < 4.78 is -0.885. The molecule has 0 bridgehead atoms. The summed E-state index contributed by atoms with van der Waals surface area (Å²) in [7, 11) is 0. The molecular formula is C25H28ClN3O4S. The number of carbonyl (C=O) groups excluding carboxylic acids is 3. The van der Waals surface area contributed by atoms with Gasteiger partial charge in [0, 0.05) is 31.4 Å². The predicted molar refractivity (Wildman–Crippen MR) is 133 cm³/mol. The Labute approximate surface area is 208 Å². The van der Waals surface area contributed by atoms with Gasteiger partial charge in [0.15, 0.2) is 0 Å². The van der Waals surface area contributed by atoms with Gasteiger partial charge in [0.05, 0.1) is 33.9 Å². The number of halogens is 1. The summed E-state index contributed by atoms with van der Waals surface area (Å²) in [5.41, 5.74) is 0.582. The molecule has 4 aliphatic rings. The van der Waals surface area contributed by atoms with Gasteiger partial charge in [-0.15, -0.1) is 11.8 Å². The van der Waals surface area contributed by atoms with E-state index in [0.29, 0.717) is 30.3 Å². The average Bonchev–Trinajstić information content (AvgIpc) is 3.13. The molecule has 0 aliphatic carbocycles. The van der Waals surface area contributed by atoms with Gasteiger partial charge in [0.1, 0.15) is 6.04 Å². The third-order valence-electron chi connectivity index (χ3n) is 7.22. The summed E-state index contributed by atoms with van der Waals surface area (Å²) in [6.07, 6.45) is 8.76. The molecule has 1 spiro atoms. The van der Waals surface area contributed by atoms with Crippen molar-refractivity contribution in [1.29, 1.82) is 0 Å². The SMILES string of the molecule is CCCN1CC=C[C@@H]2S[C@]34C=CCN(c5ccccc5Cl)C(=O)C3N(CCO)C(=O)[C@@H]4[C@@H]2C1=O. The Balaban J connectivity index is 1.61. The lowest BCUT2D eigenvalue weighted by atomic mass is 9.78. The number of likely N-dealkylation sites (tertiary alicyclic amines) is 1. The van der Waals surface area contributed by atoms with Crippen LogP contribution in [-0.2, 0) is 14.4 Å². The van der Waals surface area contributed by atoms with Crippen molar-refractivity contribution in [3.8, 4) is 0 Å². The van der Waals surface area contributed by atoms with E-state index in [0.717, 1.165) is 6.42 Å². The third kappa shape index (κ3) is 3.41. The molecule has 7 nitrogen and oxygen atoms in total. The van der Waals surface area contributed by atoms with Crippen molar-refractivity contribution >= 4 is 46.8 Å². The molecule has 9 heteroatoms. The maximum atomic E-state index is 14.1. The van der Waals surface area contributed by atoms with Gasteiger partial charge in [-0.3, -0.25) is 14.4 Å². The fourth-order valence-corrected chi connectivity index (χ4v) is 8.14. The maximum absolute atomic E-state index is 14.1. The molecule has 5 atom stereocenters. The number of fused-ring (bicyclic) bond motifs is 2. The maximum Gasteiger partial charge on any atom is 0.251 e. The van der Waals surface area contributed by atoms with Gasteiger partial charge in [-0.05, 0) is 18.6 Å². The van der Waals surface area contributed by atoms with Crippen LogP contribution < -0.4 is 4.90 Å². The van der Waals surface area contributed by atoms with Crippen LogP contribution in [0.25, 0.3) is 0 Å². The number of benzene rings is 1. The highest BCUT2D eigenvalue weighted by molar-refractivity contribution is 8.02. The van der Waals surface area contributed by atoms with Crippen LogP contribution in [0.15, 0.2) is 48.6 Å². The van der Waals surface area contributed by atoms with Crippen molar-refractivity contribution in [1.82, 2.24) is 9.80 Å². The van der Waals surface area contributed by atoms with Gasteiger partial charge in [0.25, 0.3) is 5.91 Å². The third-order valence-corrected chi connectivity index (χ3v) is 9.28. The number of amides is 3. The number of rotatable bonds is 5. The first-order chi connectivity index (χ1) is 16.4. The first-order valence-electron chi connectivity index (χ1n) is 11.7. The molecule has 1 aromatic carbocycles. The molecule has 180 valence electrons. The average molecular weight is 502 g/mol. The number of aliphatic hydroxyl groups excluding tert-OH is 1. The number of anilines is 1. The monoisotopic (exact) mass is 501 g/mol. The van der Waals surface area contributed by atoms with Crippen LogP contribution in [0, 0.1) is 11.8 Å². The number of aliphatic hydroxyl groups is 1. The molecule has 0 radical (unpaired) electrons. The summed E-state index contributed by atoms with van der Waals surface area (Å²) in [6, 6.07) is 6.32. The highest BCUT2D eigenvalue weighted by Crippen LogP contribution is 2.61. The van der Waals surface area contributed by atoms with Crippen molar-refractivity contribution < 1.29 is 19.5 Å². The second kappa shape index (κ2) is 9.06. The number of carbonyl (C=O) groups is 3. The topological polar surface area (TPSA) is 81.2 Å². The minimum Gasteiger partial charge on any atom is -0.395 e. The van der Waals surface area contributed by atoms with E-state index in [2.05, 4.69) is 0 Å². The van der Waals surface area contributed by atoms with Crippen LogP contribution in [0.4, 0.5) is 5.69 Å². The minimum atomic E-state index is -0.885. The van der Waals surface area contributed by atoms with Gasteiger partial charge in [-0.2, -0.15) is 0 Å². The normalized spacial score (nSPS) is 32.6. The molecule has 2 fully saturated rings. The minimum absolute atomic E-state index is 0.0303.